The number of benzene rings is 2. The maximum atomic E-state index is 14.4. The molecular formula is C32H36F4N5O2+. The Morgan fingerprint density at radius 3 is 2.37 bits per heavy atom. The summed E-state index contributed by atoms with van der Waals surface area (Å²) in [5.74, 6) is -0.146. The minimum Gasteiger partial charge on any atom is -0.476 e. The standard InChI is InChI=1S/C32H36F4N5O2/c1-41(2,3)29(42)11-7-8-16-37-17-18-43-28-15-13-24(21-38-28)30(23-12-14-27-25(19-23)31(33)40-39-27)26(20-32(34,35)36)22-9-5-4-6-10-22/h4-6,9-10,12-15,19,21,37H,7-8,11,16-18,20H2,1-3H3,(H,39,40)/q+1/b30-26-. The molecule has 2 heterocycles. The number of hydrogen-bond donors (Lipinski definition) is 2. The summed E-state index contributed by atoms with van der Waals surface area (Å²) in [6, 6.07) is 16.3. The minimum absolute atomic E-state index is 0.0409. The predicted molar refractivity (Wildman–Crippen MR) is 159 cm³/mol. The van der Waals surface area contributed by atoms with Gasteiger partial charge in [-0.3, -0.25) is 9.58 Å². The number of hydrogen-bond acceptors (Lipinski definition) is 5. The van der Waals surface area contributed by atoms with Gasteiger partial charge in [-0.15, -0.1) is 0 Å². The van der Waals surface area contributed by atoms with Crippen LogP contribution in [0.5, 0.6) is 5.88 Å². The lowest BCUT2D eigenvalue weighted by molar-refractivity contribution is -0.792. The molecule has 228 valence electrons. The van der Waals surface area contributed by atoms with Crippen LogP contribution in [0.25, 0.3) is 22.0 Å². The van der Waals surface area contributed by atoms with E-state index in [4.69, 9.17) is 4.74 Å². The van der Waals surface area contributed by atoms with E-state index in [2.05, 4.69) is 20.5 Å². The largest absolute Gasteiger partial charge is 0.476 e. The molecule has 0 radical (unpaired) electrons. The molecule has 4 aromatic rings. The monoisotopic (exact) mass is 598 g/mol. The molecule has 0 unspecified atom stereocenters. The molecule has 0 saturated heterocycles. The normalized spacial score (nSPS) is 12.8. The second-order valence-electron chi connectivity index (χ2n) is 11.1. The van der Waals surface area contributed by atoms with E-state index in [1.807, 2.05) is 21.1 Å². The van der Waals surface area contributed by atoms with Crippen LogP contribution in [0.3, 0.4) is 0 Å². The van der Waals surface area contributed by atoms with E-state index in [1.54, 1.807) is 54.6 Å². The summed E-state index contributed by atoms with van der Waals surface area (Å²) in [5.41, 5.74) is 1.93. The van der Waals surface area contributed by atoms with Crippen LogP contribution in [0.15, 0.2) is 66.9 Å². The fourth-order valence-electron chi connectivity index (χ4n) is 4.65. The first-order valence-corrected chi connectivity index (χ1v) is 14.1. The molecule has 4 rings (SSSR count). The summed E-state index contributed by atoms with van der Waals surface area (Å²) in [5, 5.41) is 9.61. The van der Waals surface area contributed by atoms with Crippen LogP contribution in [-0.4, -0.2) is 72.6 Å². The molecule has 0 saturated carbocycles. The van der Waals surface area contributed by atoms with Crippen LogP contribution < -0.4 is 10.1 Å². The second-order valence-corrected chi connectivity index (χ2v) is 11.1. The number of ether oxygens (including phenoxy) is 1. The number of fused-ring (bicyclic) bond motifs is 1. The van der Waals surface area contributed by atoms with Crippen molar-refractivity contribution in [1.29, 1.82) is 0 Å². The van der Waals surface area contributed by atoms with E-state index in [1.165, 1.54) is 12.3 Å². The number of carbonyl (C=O) groups excluding carboxylic acids is 1. The molecule has 0 spiro atoms. The number of H-pyrrole nitrogens is 1. The number of nitrogens with one attached hydrogen (secondary N) is 2. The number of alkyl halides is 3. The van der Waals surface area contributed by atoms with Gasteiger partial charge in [0.25, 0.3) is 0 Å². The number of amides is 1. The highest BCUT2D eigenvalue weighted by Crippen LogP contribution is 2.40. The van der Waals surface area contributed by atoms with E-state index in [9.17, 15) is 22.4 Å². The number of nitrogens with zero attached hydrogens (tertiary/aromatic N) is 3. The van der Waals surface area contributed by atoms with Crippen LogP contribution >= 0.6 is 0 Å². The van der Waals surface area contributed by atoms with Crippen molar-refractivity contribution < 1.29 is 31.6 Å². The fourth-order valence-corrected chi connectivity index (χ4v) is 4.65. The highest BCUT2D eigenvalue weighted by atomic mass is 19.4. The minimum atomic E-state index is -4.49. The van der Waals surface area contributed by atoms with Gasteiger partial charge >= 0.3 is 12.1 Å². The summed E-state index contributed by atoms with van der Waals surface area (Å²) in [7, 11) is 5.59. The van der Waals surface area contributed by atoms with E-state index in [0.717, 1.165) is 19.4 Å². The zero-order valence-electron chi connectivity index (χ0n) is 24.5. The van der Waals surface area contributed by atoms with Gasteiger partial charge in [-0.25, -0.2) is 9.78 Å². The molecule has 11 heteroatoms. The Bertz CT molecular complexity index is 1540. The Kier molecular flexibility index (Phi) is 10.3. The number of aromatic amines is 1. The van der Waals surface area contributed by atoms with Crippen molar-refractivity contribution in [2.75, 3.05) is 40.8 Å². The third-order valence-corrected chi connectivity index (χ3v) is 6.89. The first-order valence-electron chi connectivity index (χ1n) is 14.1. The van der Waals surface area contributed by atoms with E-state index >= 15 is 0 Å². The topological polar surface area (TPSA) is 79.9 Å². The maximum absolute atomic E-state index is 14.4. The first-order chi connectivity index (χ1) is 20.4. The number of carbonyl (C=O) groups is 1. The molecule has 2 aromatic heterocycles. The number of unbranched alkanes of at least 4 members (excludes halogenated alkanes) is 1. The van der Waals surface area contributed by atoms with Crippen LogP contribution in [0.2, 0.25) is 0 Å². The fraction of sp³-hybridized carbons (Fsp3) is 0.344. The molecule has 0 atom stereocenters. The van der Waals surface area contributed by atoms with Gasteiger partial charge in [0.05, 0.1) is 44.9 Å². The van der Waals surface area contributed by atoms with Gasteiger partial charge in [0, 0.05) is 24.4 Å². The Hall–Kier alpha value is -4.09. The Morgan fingerprint density at radius 2 is 1.70 bits per heavy atom. The average Bonchev–Trinajstić information content (AvgIpc) is 3.34. The second kappa shape index (κ2) is 13.9. The summed E-state index contributed by atoms with van der Waals surface area (Å²) < 4.78 is 62.1. The van der Waals surface area contributed by atoms with Crippen molar-refractivity contribution in [3.8, 4) is 5.88 Å². The van der Waals surface area contributed by atoms with Crippen LogP contribution in [-0.2, 0) is 4.79 Å². The predicted octanol–water partition coefficient (Wildman–Crippen LogP) is 6.38. The molecule has 1 amide bonds. The van der Waals surface area contributed by atoms with Crippen LogP contribution in [0.4, 0.5) is 17.6 Å². The number of pyridine rings is 1. The van der Waals surface area contributed by atoms with Gasteiger partial charge in [0.2, 0.25) is 11.8 Å². The van der Waals surface area contributed by atoms with Crippen LogP contribution in [0, 0.1) is 5.95 Å². The summed E-state index contributed by atoms with van der Waals surface area (Å²) in [6.45, 7) is 1.65. The Labute approximate surface area is 248 Å². The zero-order valence-corrected chi connectivity index (χ0v) is 24.5. The summed E-state index contributed by atoms with van der Waals surface area (Å²) >= 11 is 0. The van der Waals surface area contributed by atoms with E-state index in [0.29, 0.717) is 52.1 Å². The van der Waals surface area contributed by atoms with E-state index < -0.39 is 18.5 Å². The zero-order chi connectivity index (χ0) is 31.0. The van der Waals surface area contributed by atoms with Crippen molar-refractivity contribution in [3.63, 3.8) is 0 Å². The number of rotatable bonds is 13. The molecule has 0 fully saturated rings. The quantitative estimate of drug-likeness (QED) is 0.0808. The molecule has 43 heavy (non-hydrogen) atoms. The molecule has 0 aliphatic rings. The molecule has 2 N–H and O–H groups in total. The highest BCUT2D eigenvalue weighted by molar-refractivity contribution is 6.00. The SMILES string of the molecule is C[N+](C)(C)C(=O)CCCCNCCOc1ccc(/C(=C(/CC(F)(F)F)c2ccccc2)c2ccc3n[nH]c(F)c3c2)cn1. The number of quaternary nitrogens is 1. The lowest BCUT2D eigenvalue weighted by Crippen LogP contribution is -2.41. The van der Waals surface area contributed by atoms with Crippen molar-refractivity contribution in [2.45, 2.75) is 31.9 Å². The molecule has 2 aromatic carbocycles. The summed E-state index contributed by atoms with van der Waals surface area (Å²) in [6.07, 6.45) is -2.01. The Morgan fingerprint density at radius 1 is 0.953 bits per heavy atom. The van der Waals surface area contributed by atoms with Crippen molar-refractivity contribution >= 4 is 28.0 Å². The van der Waals surface area contributed by atoms with Gasteiger partial charge in [0.1, 0.15) is 6.61 Å². The third kappa shape index (κ3) is 8.95. The maximum Gasteiger partial charge on any atom is 0.393 e. The van der Waals surface area contributed by atoms with Crippen molar-refractivity contribution in [3.05, 3.63) is 89.5 Å². The molecule has 0 aliphatic carbocycles. The van der Waals surface area contributed by atoms with Crippen molar-refractivity contribution in [2.24, 2.45) is 0 Å². The van der Waals surface area contributed by atoms with Gasteiger partial charge in [-0.05, 0) is 59.9 Å². The van der Waals surface area contributed by atoms with E-state index in [-0.39, 0.29) is 22.4 Å². The number of aromatic nitrogens is 3. The lowest BCUT2D eigenvalue weighted by Gasteiger charge is -2.20. The van der Waals surface area contributed by atoms with Crippen LogP contribution in [0.1, 0.15) is 42.4 Å². The molecule has 7 nitrogen and oxygen atoms in total. The number of allylic oxidation sites excluding steroid dienone is 1. The lowest BCUT2D eigenvalue weighted by atomic mass is 9.88. The molecule has 0 bridgehead atoms. The highest BCUT2D eigenvalue weighted by Gasteiger charge is 2.32. The van der Waals surface area contributed by atoms with Gasteiger partial charge in [-0.2, -0.15) is 22.7 Å². The van der Waals surface area contributed by atoms with Gasteiger partial charge in [-0.1, -0.05) is 36.4 Å². The Balaban J connectivity index is 1.51. The van der Waals surface area contributed by atoms with Gasteiger partial charge < -0.3 is 10.1 Å². The molecule has 0 aliphatic heterocycles. The summed E-state index contributed by atoms with van der Waals surface area (Å²) in [4.78, 5) is 16.3. The van der Waals surface area contributed by atoms with Gasteiger partial charge in [0.15, 0.2) is 0 Å². The smallest absolute Gasteiger partial charge is 0.393 e. The van der Waals surface area contributed by atoms with Crippen molar-refractivity contribution in [1.82, 2.24) is 20.5 Å². The molecular weight excluding hydrogens is 562 g/mol. The average molecular weight is 599 g/mol. The number of halogens is 4. The third-order valence-electron chi connectivity index (χ3n) is 6.89. The first kappa shape index (κ1) is 31.8.